The summed E-state index contributed by atoms with van der Waals surface area (Å²) >= 11 is 0. The van der Waals surface area contributed by atoms with E-state index in [1.54, 1.807) is 0 Å². The van der Waals surface area contributed by atoms with Crippen molar-refractivity contribution >= 4 is 5.69 Å². The molecule has 0 aromatic heterocycles. The first-order chi connectivity index (χ1) is 6.77. The summed E-state index contributed by atoms with van der Waals surface area (Å²) in [5, 5.41) is 3.46. The van der Waals surface area contributed by atoms with Crippen molar-refractivity contribution in [3.8, 4) is 0 Å². The molecule has 0 radical (unpaired) electrons. The van der Waals surface area contributed by atoms with E-state index in [9.17, 15) is 0 Å². The number of nitrogens with one attached hydrogen (secondary N) is 1. The molecule has 0 unspecified atom stereocenters. The number of aryl methyl sites for hydroxylation is 1. The molecule has 1 aromatic rings. The minimum Gasteiger partial charge on any atom is -0.368 e. The van der Waals surface area contributed by atoms with E-state index >= 15 is 0 Å². The molecule has 0 spiro atoms. The van der Waals surface area contributed by atoms with Crippen LogP contribution in [0.25, 0.3) is 0 Å². The van der Waals surface area contributed by atoms with Crippen molar-refractivity contribution in [3.05, 3.63) is 29.8 Å². The first-order valence-electron chi connectivity index (χ1n) is 5.31. The van der Waals surface area contributed by atoms with Crippen LogP contribution >= 0.6 is 0 Å². The van der Waals surface area contributed by atoms with Crippen molar-refractivity contribution in [3.63, 3.8) is 0 Å². The monoisotopic (exact) mass is 190 g/mol. The van der Waals surface area contributed by atoms with Gasteiger partial charge in [-0.05, 0) is 25.5 Å². The SMILES string of the molecule is Cc1ccccc1N1CCN[C@H](C)C1. The molecule has 1 N–H and O–H groups in total. The van der Waals surface area contributed by atoms with Gasteiger partial charge >= 0.3 is 0 Å². The summed E-state index contributed by atoms with van der Waals surface area (Å²) in [6.07, 6.45) is 0. The first-order valence-corrected chi connectivity index (χ1v) is 5.31. The summed E-state index contributed by atoms with van der Waals surface area (Å²) in [6.45, 7) is 7.75. The molecule has 14 heavy (non-hydrogen) atoms. The molecule has 2 rings (SSSR count). The fourth-order valence-electron chi connectivity index (χ4n) is 2.07. The summed E-state index contributed by atoms with van der Waals surface area (Å²) in [6, 6.07) is 9.22. The molecule has 1 fully saturated rings. The van der Waals surface area contributed by atoms with Crippen LogP contribution in [0.2, 0.25) is 0 Å². The Labute approximate surface area is 85.9 Å². The average Bonchev–Trinajstić information content (AvgIpc) is 2.18. The molecule has 1 aliphatic heterocycles. The van der Waals surface area contributed by atoms with Gasteiger partial charge in [0.25, 0.3) is 0 Å². The summed E-state index contributed by atoms with van der Waals surface area (Å²) in [5.74, 6) is 0. The standard InChI is InChI=1S/C12H18N2/c1-10-5-3-4-6-12(10)14-8-7-13-11(2)9-14/h3-6,11,13H,7-9H2,1-2H3/t11-/m1/s1. The molecule has 1 heterocycles. The lowest BCUT2D eigenvalue weighted by Gasteiger charge is -2.34. The maximum atomic E-state index is 3.46. The Balaban J connectivity index is 2.18. The van der Waals surface area contributed by atoms with Crippen LogP contribution < -0.4 is 10.2 Å². The van der Waals surface area contributed by atoms with Crippen molar-refractivity contribution < 1.29 is 0 Å². The van der Waals surface area contributed by atoms with Gasteiger partial charge in [0, 0.05) is 31.4 Å². The van der Waals surface area contributed by atoms with Crippen molar-refractivity contribution in [1.82, 2.24) is 5.32 Å². The van der Waals surface area contributed by atoms with Crippen LogP contribution in [-0.4, -0.2) is 25.7 Å². The van der Waals surface area contributed by atoms with Crippen LogP contribution in [0.3, 0.4) is 0 Å². The zero-order valence-corrected chi connectivity index (χ0v) is 8.96. The fraction of sp³-hybridized carbons (Fsp3) is 0.500. The van der Waals surface area contributed by atoms with Gasteiger partial charge in [0.1, 0.15) is 0 Å². The van der Waals surface area contributed by atoms with E-state index in [2.05, 4.69) is 48.3 Å². The van der Waals surface area contributed by atoms with Crippen molar-refractivity contribution in [1.29, 1.82) is 0 Å². The number of hydrogen-bond acceptors (Lipinski definition) is 2. The summed E-state index contributed by atoms with van der Waals surface area (Å²) < 4.78 is 0. The highest BCUT2D eigenvalue weighted by Gasteiger charge is 2.16. The van der Waals surface area contributed by atoms with E-state index in [-0.39, 0.29) is 0 Å². The Kier molecular flexibility index (Phi) is 2.73. The summed E-state index contributed by atoms with van der Waals surface area (Å²) in [7, 11) is 0. The molecule has 0 saturated carbocycles. The molecule has 2 heteroatoms. The number of para-hydroxylation sites is 1. The second-order valence-electron chi connectivity index (χ2n) is 4.09. The highest BCUT2D eigenvalue weighted by molar-refractivity contribution is 5.53. The molecule has 0 aliphatic carbocycles. The quantitative estimate of drug-likeness (QED) is 0.726. The third kappa shape index (κ3) is 1.90. The predicted molar refractivity (Wildman–Crippen MR) is 60.9 cm³/mol. The van der Waals surface area contributed by atoms with Crippen molar-refractivity contribution in [2.45, 2.75) is 19.9 Å². The second-order valence-corrected chi connectivity index (χ2v) is 4.09. The summed E-state index contributed by atoms with van der Waals surface area (Å²) in [4.78, 5) is 2.47. The van der Waals surface area contributed by atoms with Gasteiger partial charge in [0.2, 0.25) is 0 Å². The van der Waals surface area contributed by atoms with Crippen LogP contribution in [0.1, 0.15) is 12.5 Å². The predicted octanol–water partition coefficient (Wildman–Crippen LogP) is 1.79. The van der Waals surface area contributed by atoms with Crippen LogP contribution in [0.5, 0.6) is 0 Å². The summed E-state index contributed by atoms with van der Waals surface area (Å²) in [5.41, 5.74) is 2.77. The van der Waals surface area contributed by atoms with Gasteiger partial charge in [-0.15, -0.1) is 0 Å². The molecule has 1 saturated heterocycles. The molecule has 1 atom stereocenters. The Morgan fingerprint density at radius 1 is 1.36 bits per heavy atom. The fourth-order valence-corrected chi connectivity index (χ4v) is 2.07. The van der Waals surface area contributed by atoms with Gasteiger partial charge in [-0.25, -0.2) is 0 Å². The van der Waals surface area contributed by atoms with Gasteiger partial charge in [-0.2, -0.15) is 0 Å². The molecule has 1 aromatic carbocycles. The number of nitrogens with zero attached hydrogens (tertiary/aromatic N) is 1. The third-order valence-electron chi connectivity index (χ3n) is 2.82. The zero-order valence-electron chi connectivity index (χ0n) is 8.96. The molecular weight excluding hydrogens is 172 g/mol. The lowest BCUT2D eigenvalue weighted by Crippen LogP contribution is -2.49. The van der Waals surface area contributed by atoms with E-state index in [0.717, 1.165) is 19.6 Å². The molecule has 2 nitrogen and oxygen atoms in total. The Morgan fingerprint density at radius 2 is 2.14 bits per heavy atom. The Bertz CT molecular complexity index is 309. The Hall–Kier alpha value is -1.02. The first kappa shape index (κ1) is 9.53. The van der Waals surface area contributed by atoms with Crippen LogP contribution in [0, 0.1) is 6.92 Å². The molecule has 76 valence electrons. The van der Waals surface area contributed by atoms with E-state index in [0.29, 0.717) is 6.04 Å². The molecule has 0 bridgehead atoms. The topological polar surface area (TPSA) is 15.3 Å². The smallest absolute Gasteiger partial charge is 0.0396 e. The van der Waals surface area contributed by atoms with E-state index in [1.807, 2.05) is 0 Å². The number of hydrogen-bond donors (Lipinski definition) is 1. The normalized spacial score (nSPS) is 22.4. The van der Waals surface area contributed by atoms with Gasteiger partial charge < -0.3 is 10.2 Å². The second kappa shape index (κ2) is 4.01. The lowest BCUT2D eigenvalue weighted by atomic mass is 10.1. The average molecular weight is 190 g/mol. The number of benzene rings is 1. The maximum Gasteiger partial charge on any atom is 0.0396 e. The third-order valence-corrected chi connectivity index (χ3v) is 2.82. The van der Waals surface area contributed by atoms with Crippen molar-refractivity contribution in [2.75, 3.05) is 24.5 Å². The van der Waals surface area contributed by atoms with Crippen LogP contribution in [0.15, 0.2) is 24.3 Å². The molecular formula is C12H18N2. The van der Waals surface area contributed by atoms with E-state index < -0.39 is 0 Å². The van der Waals surface area contributed by atoms with Gasteiger partial charge in [-0.1, -0.05) is 18.2 Å². The highest BCUT2D eigenvalue weighted by atomic mass is 15.2. The van der Waals surface area contributed by atoms with Gasteiger partial charge in [0.05, 0.1) is 0 Å². The minimum atomic E-state index is 0.600. The lowest BCUT2D eigenvalue weighted by molar-refractivity contribution is 0.484. The van der Waals surface area contributed by atoms with Crippen molar-refractivity contribution in [2.24, 2.45) is 0 Å². The maximum absolute atomic E-state index is 3.46. The van der Waals surface area contributed by atoms with Gasteiger partial charge in [-0.3, -0.25) is 0 Å². The van der Waals surface area contributed by atoms with Crippen LogP contribution in [-0.2, 0) is 0 Å². The largest absolute Gasteiger partial charge is 0.368 e. The van der Waals surface area contributed by atoms with E-state index in [4.69, 9.17) is 0 Å². The molecule has 1 aliphatic rings. The highest BCUT2D eigenvalue weighted by Crippen LogP contribution is 2.20. The van der Waals surface area contributed by atoms with Crippen LogP contribution in [0.4, 0.5) is 5.69 Å². The number of rotatable bonds is 1. The van der Waals surface area contributed by atoms with Gasteiger partial charge in [0.15, 0.2) is 0 Å². The molecule has 0 amide bonds. The number of anilines is 1. The zero-order chi connectivity index (χ0) is 9.97. The Morgan fingerprint density at radius 3 is 2.86 bits per heavy atom. The number of piperazine rings is 1. The van der Waals surface area contributed by atoms with E-state index in [1.165, 1.54) is 11.3 Å². The minimum absolute atomic E-state index is 0.600.